The van der Waals surface area contributed by atoms with Crippen molar-refractivity contribution in [1.29, 1.82) is 0 Å². The van der Waals surface area contributed by atoms with Gasteiger partial charge < -0.3 is 29.1 Å². The van der Waals surface area contributed by atoms with Crippen LogP contribution in [-0.2, 0) is 36.8 Å². The van der Waals surface area contributed by atoms with Crippen LogP contribution in [0, 0.1) is 0 Å². The molecule has 0 bridgehead atoms. The highest BCUT2D eigenvalue weighted by Gasteiger charge is 2.47. The first-order valence-corrected chi connectivity index (χ1v) is 23.5. The number of halogens is 2. The summed E-state index contributed by atoms with van der Waals surface area (Å²) in [6, 6.07) is 19.4. The Labute approximate surface area is 415 Å². The molecule has 8 atom stereocenters. The zero-order valence-electron chi connectivity index (χ0n) is 38.2. The molecule has 4 aromatic heterocycles. The van der Waals surface area contributed by atoms with Crippen molar-refractivity contribution in [3.63, 3.8) is 0 Å². The van der Waals surface area contributed by atoms with Crippen molar-refractivity contribution >= 4 is 90.8 Å². The van der Waals surface area contributed by atoms with Gasteiger partial charge in [-0.2, -0.15) is 9.97 Å². The zero-order chi connectivity index (χ0) is 48.9. The molecule has 69 heavy (non-hydrogen) atoms. The maximum Gasteiger partial charge on any atom is 0.306 e. The molecule has 0 amide bonds. The predicted octanol–water partition coefficient (Wildman–Crippen LogP) is 5.89. The normalized spacial score (nSPS) is 21.8. The summed E-state index contributed by atoms with van der Waals surface area (Å²) < 4.78 is 21.2. The Morgan fingerprint density at radius 2 is 1.28 bits per heavy atom. The maximum atomic E-state index is 12.7. The van der Waals surface area contributed by atoms with Gasteiger partial charge in [0.15, 0.2) is 40.9 Å². The molecule has 2 saturated heterocycles. The van der Waals surface area contributed by atoms with Crippen LogP contribution in [0.5, 0.6) is 0 Å². The number of aliphatic imine (C=N–C) groups is 3. The van der Waals surface area contributed by atoms with E-state index >= 15 is 0 Å². The first kappa shape index (κ1) is 53.7. The first-order valence-electron chi connectivity index (χ1n) is 21.7. The van der Waals surface area contributed by atoms with E-state index in [2.05, 4.69) is 76.7 Å². The highest BCUT2D eigenvalue weighted by atomic mass is 79.9. The summed E-state index contributed by atoms with van der Waals surface area (Å²) in [6.45, 7) is 4.42. The van der Waals surface area contributed by atoms with E-state index in [0.29, 0.717) is 30.7 Å². The Morgan fingerprint density at radius 1 is 0.797 bits per heavy atom. The average molecular weight is 1080 g/mol. The number of aryl methyl sites for hydroxylation is 1. The Balaban J connectivity index is 0.000000220. The predicted molar refractivity (Wildman–Crippen MR) is 269 cm³/mol. The molecule has 8 rings (SSSR count). The lowest BCUT2D eigenvalue weighted by atomic mass is 10.1. The number of hydrogen-bond acceptors (Lipinski definition) is 15. The summed E-state index contributed by atoms with van der Waals surface area (Å²) in [7, 11) is 7.26. The number of esters is 1. The summed E-state index contributed by atoms with van der Waals surface area (Å²) in [6.07, 6.45) is 6.72. The molecule has 0 aliphatic carbocycles. The monoisotopic (exact) mass is 1080 g/mol. The number of carbonyl (C=O) groups excluding carboxylic acids is 2. The summed E-state index contributed by atoms with van der Waals surface area (Å²) in [5, 5.41) is 10.4. The number of nitrogens with zero attached hydrogens (tertiary/aromatic N) is 11. The number of fused-ring (bicyclic) bond motifs is 2. The number of ether oxygens (including phenoxy) is 3. The quantitative estimate of drug-likeness (QED) is 0.0379. The molecular weight excluding hydrogens is 1020 g/mol. The Bertz CT molecular complexity index is 2830. The molecule has 0 saturated carbocycles. The molecule has 6 aromatic rings. The van der Waals surface area contributed by atoms with E-state index in [-0.39, 0.29) is 70.2 Å². The van der Waals surface area contributed by atoms with Crippen LogP contribution in [0.1, 0.15) is 64.1 Å². The molecule has 23 heteroatoms. The van der Waals surface area contributed by atoms with Crippen LogP contribution in [0.2, 0.25) is 0 Å². The van der Waals surface area contributed by atoms with E-state index in [1.165, 1.54) is 31.4 Å². The number of benzene rings is 2. The second-order valence-electron chi connectivity index (χ2n) is 16.0. The number of rotatable bonds is 14. The summed E-state index contributed by atoms with van der Waals surface area (Å²) in [4.78, 5) is 84.2. The number of aliphatic hydroxyl groups is 1. The van der Waals surface area contributed by atoms with Crippen molar-refractivity contribution in [2.75, 3.05) is 28.2 Å². The molecule has 3 N–H and O–H groups in total. The molecule has 368 valence electrons. The van der Waals surface area contributed by atoms with E-state index in [1.54, 1.807) is 18.9 Å². The number of nitrogens with one attached hydrogen (secondary N) is 2. The second-order valence-corrected chi connectivity index (χ2v) is 18.1. The van der Waals surface area contributed by atoms with Crippen molar-refractivity contribution in [3.05, 3.63) is 105 Å². The maximum absolute atomic E-state index is 12.7. The molecule has 0 radical (unpaired) electrons. The van der Waals surface area contributed by atoms with Gasteiger partial charge in [0.1, 0.15) is 6.10 Å². The number of aromatic nitrogens is 8. The van der Waals surface area contributed by atoms with Crippen molar-refractivity contribution < 1.29 is 28.9 Å². The van der Waals surface area contributed by atoms with Gasteiger partial charge in [-0.15, -0.1) is 0 Å². The van der Waals surface area contributed by atoms with Crippen LogP contribution in [0.3, 0.4) is 0 Å². The van der Waals surface area contributed by atoms with Crippen LogP contribution in [0.25, 0.3) is 22.3 Å². The fourth-order valence-electron chi connectivity index (χ4n) is 7.11. The minimum absolute atomic E-state index is 0. The standard InChI is InChI=1S/C23H27BrN6O4.C14H19BrN6O3.C8H7NO.CH4/c1-4-15-17(24)19(34-16(31)11-10-14-8-6-5-7-9-14)22(33-15)30-13-25-18-20(30)27-23(28-21(18)32)26-12-29(2)3;1-4-7-8(15)10(22)13(24-7)21-6-16-9-11(21)18-14(19-12(9)23)17-5-20(2)3;10-7-9-6-8-4-2-1-3-5-8;/h5-9,12-13,15,17,19,22H,4,10-11H2,1-3H3,(H,27,28,32);5-8,10,13,22H,4H2,1-3H3,(H,18,19,23);1-5H,6H2;1H4/t15-,17+,19-,22-;7-,8+,10-,13-;;/m11../s1. The van der Waals surface area contributed by atoms with Crippen molar-refractivity contribution in [3.8, 4) is 0 Å². The van der Waals surface area contributed by atoms with Crippen molar-refractivity contribution in [1.82, 2.24) is 48.8 Å². The van der Waals surface area contributed by atoms with Gasteiger partial charge in [-0.25, -0.2) is 29.7 Å². The summed E-state index contributed by atoms with van der Waals surface area (Å²) in [5.41, 5.74) is 2.27. The Hall–Kier alpha value is -6.23. The molecule has 0 unspecified atom stereocenters. The van der Waals surface area contributed by atoms with Gasteiger partial charge in [0.2, 0.25) is 18.0 Å². The van der Waals surface area contributed by atoms with Gasteiger partial charge >= 0.3 is 5.97 Å². The molecule has 2 aromatic carbocycles. The topological polar surface area (TPSA) is 253 Å². The number of alkyl halides is 2. The number of imidazole rings is 2. The number of aliphatic hydroxyl groups excluding tert-OH is 1. The van der Waals surface area contributed by atoms with Gasteiger partial charge in [0, 0.05) is 34.6 Å². The van der Waals surface area contributed by atoms with E-state index in [4.69, 9.17) is 14.2 Å². The fraction of sp³-hybridized carbons (Fsp3) is 0.435. The highest BCUT2D eigenvalue weighted by molar-refractivity contribution is 9.09. The number of carbonyl (C=O) groups is 1. The van der Waals surface area contributed by atoms with Crippen molar-refractivity contribution in [2.45, 2.75) is 100 Å². The number of isocyanates is 1. The molecule has 2 fully saturated rings. The van der Waals surface area contributed by atoms with Crippen LogP contribution in [0.15, 0.2) is 97.9 Å². The van der Waals surface area contributed by atoms with Crippen molar-refractivity contribution in [2.24, 2.45) is 15.0 Å². The second kappa shape index (κ2) is 25.4. The smallest absolute Gasteiger partial charge is 0.306 e. The SMILES string of the molecule is C.CC[C@H]1O[C@@H](n2cnc3c(=O)[nH]c(N=CN(C)C)nc32)[C@H](O)[C@H]1Br.CC[C@H]1O[C@@H](n2cnc3c(=O)[nH]c(N=CN(C)C)nc32)[C@H](OC(=O)CCc2ccccc2)[C@H]1Br.O=C=NCc1ccccc1. The first-order chi connectivity index (χ1) is 32.7. The minimum atomic E-state index is -0.776. The van der Waals surface area contributed by atoms with Gasteiger partial charge in [-0.05, 0) is 30.4 Å². The van der Waals surface area contributed by atoms with Crippen LogP contribution in [0.4, 0.5) is 11.9 Å². The largest absolute Gasteiger partial charge is 0.456 e. The lowest BCUT2D eigenvalue weighted by Crippen LogP contribution is -2.32. The molecule has 6 heterocycles. The van der Waals surface area contributed by atoms with E-state index < -0.39 is 30.2 Å². The third-order valence-electron chi connectivity index (χ3n) is 10.5. The number of aromatic amines is 2. The van der Waals surface area contributed by atoms with Crippen LogP contribution in [-0.4, -0.2) is 141 Å². The summed E-state index contributed by atoms with van der Waals surface area (Å²) in [5.74, 6) is -0.0159. The van der Waals surface area contributed by atoms with Gasteiger partial charge in [-0.3, -0.25) is 33.5 Å². The third-order valence-corrected chi connectivity index (χ3v) is 12.7. The molecule has 21 nitrogen and oxygen atoms in total. The lowest BCUT2D eigenvalue weighted by Gasteiger charge is -2.22. The Morgan fingerprint density at radius 3 is 1.75 bits per heavy atom. The number of H-pyrrole nitrogens is 2. The van der Waals surface area contributed by atoms with E-state index in [9.17, 15) is 24.3 Å². The van der Waals surface area contributed by atoms with Gasteiger partial charge in [0.05, 0.1) is 53.7 Å². The average Bonchev–Trinajstić information content (AvgIpc) is 4.11. The number of hydrogen-bond donors (Lipinski definition) is 3. The molecule has 2 aliphatic heterocycles. The minimum Gasteiger partial charge on any atom is -0.456 e. The van der Waals surface area contributed by atoms with Crippen LogP contribution < -0.4 is 11.1 Å². The molecule has 0 spiro atoms. The fourth-order valence-corrected chi connectivity index (χ4v) is 8.73. The third kappa shape index (κ3) is 13.7. The molecular formula is C46H57Br2N13O8. The van der Waals surface area contributed by atoms with E-state index in [0.717, 1.165) is 17.5 Å². The zero-order valence-corrected chi connectivity index (χ0v) is 41.4. The lowest BCUT2D eigenvalue weighted by molar-refractivity contribution is -0.154. The van der Waals surface area contributed by atoms with Gasteiger partial charge in [0.25, 0.3) is 11.1 Å². The highest BCUT2D eigenvalue weighted by Crippen LogP contribution is 2.39. The van der Waals surface area contributed by atoms with Gasteiger partial charge in [-0.1, -0.05) is 114 Å². The molecule has 2 aliphatic rings. The summed E-state index contributed by atoms with van der Waals surface area (Å²) >= 11 is 7.13. The van der Waals surface area contributed by atoms with Crippen LogP contribution >= 0.6 is 31.9 Å². The Kier molecular flexibility index (Phi) is 19.8. The van der Waals surface area contributed by atoms with E-state index in [1.807, 2.05) is 103 Å².